The number of unbranched alkanes of at least 4 members (excludes halogenated alkanes) is 4. The number of carbonyl (C=O) groups excluding carboxylic acids is 1. The van der Waals surface area contributed by atoms with Crippen molar-refractivity contribution in [3.8, 4) is 28.4 Å². The lowest BCUT2D eigenvalue weighted by Crippen LogP contribution is -2.08. The number of benzene rings is 3. The SMILES string of the molecule is C=CCCCCCOc1ccc(C(=O)Oc2ccc(-c3ccc(OCCCC)cc3)cc2)cc1. The van der Waals surface area contributed by atoms with E-state index in [9.17, 15) is 4.79 Å². The second-order valence-corrected chi connectivity index (χ2v) is 8.15. The van der Waals surface area contributed by atoms with E-state index in [0.717, 1.165) is 67.8 Å². The minimum absolute atomic E-state index is 0.391. The maximum Gasteiger partial charge on any atom is 0.343 e. The van der Waals surface area contributed by atoms with Gasteiger partial charge in [0.25, 0.3) is 0 Å². The van der Waals surface area contributed by atoms with E-state index in [2.05, 4.69) is 13.5 Å². The largest absolute Gasteiger partial charge is 0.494 e. The molecule has 3 aromatic rings. The Morgan fingerprint density at radius 3 is 1.79 bits per heavy atom. The molecule has 0 fully saturated rings. The quantitative estimate of drug-likeness (QED) is 0.107. The van der Waals surface area contributed by atoms with Crippen LogP contribution < -0.4 is 14.2 Å². The number of ether oxygens (including phenoxy) is 3. The number of hydrogen-bond donors (Lipinski definition) is 0. The summed E-state index contributed by atoms with van der Waals surface area (Å²) in [6.45, 7) is 7.28. The Morgan fingerprint density at radius 1 is 0.706 bits per heavy atom. The van der Waals surface area contributed by atoms with Gasteiger partial charge in [0.05, 0.1) is 18.8 Å². The first-order chi connectivity index (χ1) is 16.7. The van der Waals surface area contributed by atoms with E-state index in [1.54, 1.807) is 24.3 Å². The van der Waals surface area contributed by atoms with Crippen LogP contribution in [0.1, 0.15) is 55.8 Å². The molecule has 0 spiro atoms. The molecule has 34 heavy (non-hydrogen) atoms. The Hall–Kier alpha value is -3.53. The molecule has 0 atom stereocenters. The number of hydrogen-bond acceptors (Lipinski definition) is 4. The van der Waals surface area contributed by atoms with Gasteiger partial charge in [-0.1, -0.05) is 43.7 Å². The highest BCUT2D eigenvalue weighted by Crippen LogP contribution is 2.25. The fourth-order valence-corrected chi connectivity index (χ4v) is 3.40. The van der Waals surface area contributed by atoms with Crippen LogP contribution in [-0.4, -0.2) is 19.2 Å². The van der Waals surface area contributed by atoms with E-state index < -0.39 is 5.97 Å². The average Bonchev–Trinajstić information content (AvgIpc) is 2.87. The molecule has 0 aromatic heterocycles. The molecule has 3 rings (SSSR count). The summed E-state index contributed by atoms with van der Waals surface area (Å²) in [6, 6.07) is 22.6. The average molecular weight is 459 g/mol. The molecule has 0 N–H and O–H groups in total. The van der Waals surface area contributed by atoms with Gasteiger partial charge in [0.2, 0.25) is 0 Å². The van der Waals surface area contributed by atoms with Crippen molar-refractivity contribution in [3.63, 3.8) is 0 Å². The topological polar surface area (TPSA) is 44.8 Å². The summed E-state index contributed by atoms with van der Waals surface area (Å²) in [5.41, 5.74) is 2.61. The van der Waals surface area contributed by atoms with Gasteiger partial charge < -0.3 is 14.2 Å². The van der Waals surface area contributed by atoms with E-state index in [1.165, 1.54) is 0 Å². The Labute approximate surface area is 203 Å². The fourth-order valence-electron chi connectivity index (χ4n) is 3.40. The van der Waals surface area contributed by atoms with Crippen LogP contribution in [-0.2, 0) is 0 Å². The Bertz CT molecular complexity index is 1010. The molecule has 4 nitrogen and oxygen atoms in total. The molecule has 0 bridgehead atoms. The number of carbonyl (C=O) groups is 1. The third-order valence-electron chi connectivity index (χ3n) is 5.43. The first-order valence-electron chi connectivity index (χ1n) is 12.1. The van der Waals surface area contributed by atoms with Gasteiger partial charge in [-0.3, -0.25) is 0 Å². The van der Waals surface area contributed by atoms with Gasteiger partial charge >= 0.3 is 5.97 Å². The molecular formula is C30H34O4. The predicted octanol–water partition coefficient (Wildman–Crippen LogP) is 7.88. The van der Waals surface area contributed by atoms with Crippen molar-refractivity contribution in [2.45, 2.75) is 45.4 Å². The van der Waals surface area contributed by atoms with Crippen molar-refractivity contribution in [3.05, 3.63) is 91.0 Å². The number of rotatable bonds is 14. The van der Waals surface area contributed by atoms with Crippen LogP contribution in [0.15, 0.2) is 85.5 Å². The molecule has 0 aliphatic heterocycles. The molecule has 178 valence electrons. The molecule has 0 heterocycles. The normalized spacial score (nSPS) is 10.5. The molecule has 0 aliphatic carbocycles. The van der Waals surface area contributed by atoms with Crippen LogP contribution >= 0.6 is 0 Å². The van der Waals surface area contributed by atoms with Crippen LogP contribution in [0.3, 0.4) is 0 Å². The minimum atomic E-state index is -0.391. The van der Waals surface area contributed by atoms with E-state index in [0.29, 0.717) is 17.9 Å². The van der Waals surface area contributed by atoms with Crippen LogP contribution in [0.4, 0.5) is 0 Å². The van der Waals surface area contributed by atoms with Crippen LogP contribution in [0.25, 0.3) is 11.1 Å². The molecule has 0 amide bonds. The summed E-state index contributed by atoms with van der Waals surface area (Å²) in [5, 5.41) is 0. The van der Waals surface area contributed by atoms with E-state index >= 15 is 0 Å². The molecule has 0 unspecified atom stereocenters. The molecule has 4 heteroatoms. The maximum atomic E-state index is 12.5. The van der Waals surface area contributed by atoms with Gasteiger partial charge in [-0.05, 0) is 91.8 Å². The Morgan fingerprint density at radius 2 is 1.24 bits per heavy atom. The second kappa shape index (κ2) is 13.9. The second-order valence-electron chi connectivity index (χ2n) is 8.15. The van der Waals surface area contributed by atoms with Crippen LogP contribution in [0.2, 0.25) is 0 Å². The van der Waals surface area contributed by atoms with E-state index in [1.807, 2.05) is 54.6 Å². The molecule has 0 saturated heterocycles. The predicted molar refractivity (Wildman–Crippen MR) is 138 cm³/mol. The smallest absolute Gasteiger partial charge is 0.343 e. The first-order valence-corrected chi connectivity index (χ1v) is 12.1. The van der Waals surface area contributed by atoms with Crippen molar-refractivity contribution in [1.29, 1.82) is 0 Å². The van der Waals surface area contributed by atoms with Crippen molar-refractivity contribution in [2.75, 3.05) is 13.2 Å². The van der Waals surface area contributed by atoms with Crippen molar-refractivity contribution < 1.29 is 19.0 Å². The maximum absolute atomic E-state index is 12.5. The van der Waals surface area contributed by atoms with Gasteiger partial charge in [0.1, 0.15) is 17.2 Å². The highest BCUT2D eigenvalue weighted by Gasteiger charge is 2.09. The summed E-state index contributed by atoms with van der Waals surface area (Å²) in [6.07, 6.45) is 8.41. The summed E-state index contributed by atoms with van der Waals surface area (Å²) in [4.78, 5) is 12.5. The molecule has 0 saturated carbocycles. The van der Waals surface area contributed by atoms with Gasteiger partial charge in [-0.15, -0.1) is 6.58 Å². The zero-order chi connectivity index (χ0) is 24.0. The van der Waals surface area contributed by atoms with Gasteiger partial charge in [0.15, 0.2) is 0 Å². The van der Waals surface area contributed by atoms with Gasteiger partial charge in [0, 0.05) is 0 Å². The third-order valence-corrected chi connectivity index (χ3v) is 5.43. The zero-order valence-electron chi connectivity index (χ0n) is 20.0. The Balaban J connectivity index is 1.48. The molecule has 0 radical (unpaired) electrons. The molecular weight excluding hydrogens is 424 g/mol. The van der Waals surface area contributed by atoms with E-state index in [-0.39, 0.29) is 0 Å². The van der Waals surface area contributed by atoms with Gasteiger partial charge in [-0.25, -0.2) is 4.79 Å². The lowest BCUT2D eigenvalue weighted by atomic mass is 10.1. The highest BCUT2D eigenvalue weighted by molar-refractivity contribution is 5.91. The first kappa shape index (κ1) is 25.1. The summed E-state index contributed by atoms with van der Waals surface area (Å²) < 4.78 is 17.0. The lowest BCUT2D eigenvalue weighted by Gasteiger charge is -2.09. The van der Waals surface area contributed by atoms with Crippen molar-refractivity contribution in [2.24, 2.45) is 0 Å². The van der Waals surface area contributed by atoms with E-state index in [4.69, 9.17) is 14.2 Å². The Kier molecular flexibility index (Phi) is 10.3. The summed E-state index contributed by atoms with van der Waals surface area (Å²) >= 11 is 0. The number of allylic oxidation sites excluding steroid dienone is 1. The standard InChI is InChI=1S/C30H34O4/c1-3-5-7-8-9-23-33-28-18-14-26(15-19-28)30(31)34-29-20-12-25(13-21-29)24-10-16-27(17-11-24)32-22-6-4-2/h3,10-21H,1,4-9,22-23H2,2H3. The summed E-state index contributed by atoms with van der Waals surface area (Å²) in [5.74, 6) is 1.75. The van der Waals surface area contributed by atoms with Crippen molar-refractivity contribution >= 4 is 5.97 Å². The highest BCUT2D eigenvalue weighted by atomic mass is 16.5. The van der Waals surface area contributed by atoms with Crippen LogP contribution in [0.5, 0.6) is 17.2 Å². The monoisotopic (exact) mass is 458 g/mol. The fraction of sp³-hybridized carbons (Fsp3) is 0.300. The molecule has 3 aromatic carbocycles. The minimum Gasteiger partial charge on any atom is -0.494 e. The van der Waals surface area contributed by atoms with Crippen LogP contribution in [0, 0.1) is 0 Å². The lowest BCUT2D eigenvalue weighted by molar-refractivity contribution is 0.0734. The molecule has 0 aliphatic rings. The van der Waals surface area contributed by atoms with Gasteiger partial charge in [-0.2, -0.15) is 0 Å². The summed E-state index contributed by atoms with van der Waals surface area (Å²) in [7, 11) is 0. The van der Waals surface area contributed by atoms with Crippen molar-refractivity contribution in [1.82, 2.24) is 0 Å². The number of esters is 1. The zero-order valence-corrected chi connectivity index (χ0v) is 20.0. The third kappa shape index (κ3) is 8.11.